The van der Waals surface area contributed by atoms with Crippen molar-refractivity contribution in [3.63, 3.8) is 0 Å². The first-order chi connectivity index (χ1) is 14.1. The largest absolute Gasteiger partial charge is 0.279 e. The van der Waals surface area contributed by atoms with Crippen LogP contribution in [0, 0.1) is 5.82 Å². The van der Waals surface area contributed by atoms with Crippen molar-refractivity contribution in [1.82, 2.24) is 9.80 Å². The minimum absolute atomic E-state index is 0.187. The van der Waals surface area contributed by atoms with E-state index in [2.05, 4.69) is 52.5 Å². The highest BCUT2D eigenvalue weighted by Crippen LogP contribution is 2.33. The molecule has 0 radical (unpaired) electrons. The van der Waals surface area contributed by atoms with Gasteiger partial charge in [-0.1, -0.05) is 48.0 Å². The Morgan fingerprint density at radius 1 is 0.828 bits per heavy atom. The lowest BCUT2D eigenvalue weighted by molar-refractivity contribution is 0.126. The third kappa shape index (κ3) is 5.01. The quantitative estimate of drug-likeness (QED) is 0.432. The number of halogens is 2. The molecule has 0 aliphatic carbocycles. The highest BCUT2D eigenvalue weighted by Gasteiger charge is 2.33. The Bertz CT molecular complexity index is 873. The van der Waals surface area contributed by atoms with Gasteiger partial charge < -0.3 is 0 Å². The second kappa shape index (κ2) is 9.31. The monoisotopic (exact) mass is 426 g/mol. The smallest absolute Gasteiger partial charge is 0.123 e. The van der Waals surface area contributed by atoms with Crippen molar-refractivity contribution in [2.75, 3.05) is 19.3 Å². The van der Waals surface area contributed by atoms with Crippen LogP contribution in [0.4, 0.5) is 4.39 Å². The fraction of sp³-hybridized carbons (Fsp3) is 0.250. The molecule has 29 heavy (non-hydrogen) atoms. The first-order valence-corrected chi connectivity index (χ1v) is 11.3. The predicted octanol–water partition coefficient (Wildman–Crippen LogP) is 6.22. The van der Waals surface area contributed by atoms with Gasteiger partial charge in [0, 0.05) is 36.1 Å². The molecular formula is C24H24ClFN2S. The van der Waals surface area contributed by atoms with Gasteiger partial charge in [0.2, 0.25) is 0 Å². The van der Waals surface area contributed by atoms with Crippen molar-refractivity contribution in [2.45, 2.75) is 24.2 Å². The summed E-state index contributed by atoms with van der Waals surface area (Å²) in [5, 5.41) is 0.761. The molecule has 0 spiro atoms. The maximum absolute atomic E-state index is 13.3. The van der Waals surface area contributed by atoms with E-state index < -0.39 is 0 Å². The van der Waals surface area contributed by atoms with Crippen LogP contribution >= 0.6 is 23.4 Å². The van der Waals surface area contributed by atoms with E-state index in [4.69, 9.17) is 11.6 Å². The minimum Gasteiger partial charge on any atom is -0.279 e. The number of thioether (sulfide) groups is 1. The maximum Gasteiger partial charge on any atom is 0.123 e. The Morgan fingerprint density at radius 3 is 1.86 bits per heavy atom. The number of hydrogen-bond acceptors (Lipinski definition) is 3. The Morgan fingerprint density at radius 2 is 1.34 bits per heavy atom. The van der Waals surface area contributed by atoms with E-state index in [1.165, 1.54) is 16.0 Å². The first kappa shape index (κ1) is 20.4. The summed E-state index contributed by atoms with van der Waals surface area (Å²) in [5.74, 6) is -0.191. The van der Waals surface area contributed by atoms with Gasteiger partial charge in [-0.2, -0.15) is 0 Å². The summed E-state index contributed by atoms with van der Waals surface area (Å²) >= 11 is 7.81. The van der Waals surface area contributed by atoms with Crippen molar-refractivity contribution in [1.29, 1.82) is 0 Å². The summed E-state index contributed by atoms with van der Waals surface area (Å²) in [6.07, 6.45) is 2.28. The fourth-order valence-electron chi connectivity index (χ4n) is 3.91. The number of benzene rings is 3. The van der Waals surface area contributed by atoms with Gasteiger partial charge in [-0.05, 0) is 59.3 Å². The second-order valence-electron chi connectivity index (χ2n) is 7.34. The summed E-state index contributed by atoms with van der Waals surface area (Å²) in [7, 11) is 0. The van der Waals surface area contributed by atoms with Crippen LogP contribution in [-0.2, 0) is 13.1 Å². The zero-order valence-corrected chi connectivity index (χ0v) is 18.0. The van der Waals surface area contributed by atoms with Crippen LogP contribution in [0.5, 0.6) is 0 Å². The predicted molar refractivity (Wildman–Crippen MR) is 120 cm³/mol. The molecule has 150 valence electrons. The summed E-state index contributed by atoms with van der Waals surface area (Å²) in [5.41, 5.74) is 3.67. The Labute approximate surface area is 181 Å². The van der Waals surface area contributed by atoms with Gasteiger partial charge >= 0.3 is 0 Å². The molecular weight excluding hydrogens is 403 g/mol. The average molecular weight is 427 g/mol. The first-order valence-electron chi connectivity index (χ1n) is 9.73. The van der Waals surface area contributed by atoms with Crippen molar-refractivity contribution in [3.8, 4) is 0 Å². The average Bonchev–Trinajstić information content (AvgIpc) is 3.13. The van der Waals surface area contributed by atoms with E-state index in [0.29, 0.717) is 0 Å². The van der Waals surface area contributed by atoms with E-state index in [0.717, 1.165) is 36.8 Å². The highest BCUT2D eigenvalue weighted by atomic mass is 35.5. The summed E-state index contributed by atoms with van der Waals surface area (Å²) < 4.78 is 13.3. The number of hydrogen-bond donors (Lipinski definition) is 0. The van der Waals surface area contributed by atoms with Crippen LogP contribution in [-0.4, -0.2) is 29.1 Å². The molecule has 0 bridgehead atoms. The number of nitrogens with zero attached hydrogens (tertiary/aromatic N) is 2. The Kier molecular flexibility index (Phi) is 6.56. The molecule has 3 aromatic rings. The molecule has 0 saturated carbocycles. The van der Waals surface area contributed by atoms with E-state index in [1.807, 2.05) is 24.3 Å². The normalized spacial score (nSPS) is 17.7. The molecule has 5 heteroatoms. The van der Waals surface area contributed by atoms with Gasteiger partial charge in [-0.15, -0.1) is 11.8 Å². The van der Waals surface area contributed by atoms with Gasteiger partial charge in [0.1, 0.15) is 5.82 Å². The summed E-state index contributed by atoms with van der Waals surface area (Å²) in [6.45, 7) is 3.62. The van der Waals surface area contributed by atoms with Crippen LogP contribution in [0.3, 0.4) is 0 Å². The standard InChI is InChI=1S/C24H24ClFN2S/c1-29-23-12-6-20(7-13-23)24-27(16-18-2-8-21(25)9-3-18)14-15-28(24)17-19-4-10-22(26)11-5-19/h2-13,24H,14-17H2,1H3. The van der Waals surface area contributed by atoms with Crippen LogP contribution in [0.1, 0.15) is 22.9 Å². The zero-order chi connectivity index (χ0) is 20.2. The summed E-state index contributed by atoms with van der Waals surface area (Å²) in [4.78, 5) is 6.24. The van der Waals surface area contributed by atoms with E-state index >= 15 is 0 Å². The fourth-order valence-corrected chi connectivity index (χ4v) is 4.44. The SMILES string of the molecule is CSc1ccc(C2N(Cc3ccc(F)cc3)CCN2Cc2ccc(Cl)cc2)cc1. The van der Waals surface area contributed by atoms with Gasteiger partial charge in [-0.3, -0.25) is 9.80 Å². The molecule has 1 atom stereocenters. The molecule has 0 aromatic heterocycles. The zero-order valence-electron chi connectivity index (χ0n) is 16.4. The maximum atomic E-state index is 13.3. The van der Waals surface area contributed by atoms with E-state index in [1.54, 1.807) is 23.9 Å². The van der Waals surface area contributed by atoms with Crippen LogP contribution in [0.15, 0.2) is 77.7 Å². The van der Waals surface area contributed by atoms with Gasteiger partial charge in [-0.25, -0.2) is 4.39 Å². The van der Waals surface area contributed by atoms with Crippen molar-refractivity contribution < 1.29 is 4.39 Å². The lowest BCUT2D eigenvalue weighted by atomic mass is 10.1. The van der Waals surface area contributed by atoms with Crippen LogP contribution in [0.25, 0.3) is 0 Å². The second-order valence-corrected chi connectivity index (χ2v) is 8.66. The van der Waals surface area contributed by atoms with Gasteiger partial charge in [0.05, 0.1) is 6.17 Å². The lowest BCUT2D eigenvalue weighted by Crippen LogP contribution is -2.30. The van der Waals surface area contributed by atoms with Gasteiger partial charge in [0.15, 0.2) is 0 Å². The molecule has 1 heterocycles. The van der Waals surface area contributed by atoms with Crippen molar-refractivity contribution >= 4 is 23.4 Å². The third-order valence-electron chi connectivity index (χ3n) is 5.38. The lowest BCUT2D eigenvalue weighted by Gasteiger charge is -2.31. The van der Waals surface area contributed by atoms with Crippen molar-refractivity contribution in [3.05, 3.63) is 100 Å². The topological polar surface area (TPSA) is 6.48 Å². The van der Waals surface area contributed by atoms with E-state index in [-0.39, 0.29) is 12.0 Å². The molecule has 2 nitrogen and oxygen atoms in total. The minimum atomic E-state index is -0.191. The molecule has 0 amide bonds. The van der Waals surface area contributed by atoms with Crippen LogP contribution in [0.2, 0.25) is 5.02 Å². The molecule has 1 unspecified atom stereocenters. The van der Waals surface area contributed by atoms with Crippen LogP contribution < -0.4 is 0 Å². The molecule has 1 aliphatic heterocycles. The molecule has 1 fully saturated rings. The Hall–Kier alpha value is -1.85. The highest BCUT2D eigenvalue weighted by molar-refractivity contribution is 7.98. The number of rotatable bonds is 6. The molecule has 1 aliphatic rings. The Balaban J connectivity index is 1.59. The van der Waals surface area contributed by atoms with Crippen molar-refractivity contribution in [2.24, 2.45) is 0 Å². The van der Waals surface area contributed by atoms with E-state index in [9.17, 15) is 4.39 Å². The molecule has 3 aromatic carbocycles. The summed E-state index contributed by atoms with van der Waals surface area (Å²) in [6, 6.07) is 23.8. The molecule has 0 N–H and O–H groups in total. The third-order valence-corrected chi connectivity index (χ3v) is 6.37. The molecule has 1 saturated heterocycles. The molecule has 4 rings (SSSR count). The van der Waals surface area contributed by atoms with Gasteiger partial charge in [0.25, 0.3) is 0 Å².